The minimum atomic E-state index is -0.423. The number of nitrogens with zero attached hydrogens (tertiary/aromatic N) is 2. The van der Waals surface area contributed by atoms with Gasteiger partial charge in [-0.05, 0) is 17.5 Å². The van der Waals surface area contributed by atoms with E-state index in [2.05, 4.69) is 10.4 Å². The highest BCUT2D eigenvalue weighted by Crippen LogP contribution is 2.17. The zero-order valence-corrected chi connectivity index (χ0v) is 9.94. The van der Waals surface area contributed by atoms with E-state index in [-0.39, 0.29) is 0 Å². The molecule has 2 aromatic rings. The van der Waals surface area contributed by atoms with Gasteiger partial charge in [0.05, 0.1) is 5.69 Å². The van der Waals surface area contributed by atoms with Crippen LogP contribution < -0.4 is 5.32 Å². The lowest BCUT2D eigenvalue weighted by Gasteiger charge is -2.10. The predicted molar refractivity (Wildman–Crippen MR) is 64.2 cm³/mol. The highest BCUT2D eigenvalue weighted by Gasteiger charge is 2.07. The largest absolute Gasteiger partial charge is 0.386 e. The quantitative estimate of drug-likeness (QED) is 0.824. The van der Waals surface area contributed by atoms with Crippen LogP contribution in [0.15, 0.2) is 29.8 Å². The molecule has 0 saturated heterocycles. The molecule has 5 heteroatoms. The number of aliphatic hydroxyl groups excluding tert-OH is 1. The monoisotopic (exact) mass is 237 g/mol. The lowest BCUT2D eigenvalue weighted by Crippen LogP contribution is -2.21. The fraction of sp³-hybridized carbons (Fsp3) is 0.364. The number of thiophene rings is 1. The fourth-order valence-electron chi connectivity index (χ4n) is 1.49. The Morgan fingerprint density at radius 3 is 3.06 bits per heavy atom. The molecule has 0 radical (unpaired) electrons. The van der Waals surface area contributed by atoms with Crippen molar-refractivity contribution in [2.45, 2.75) is 12.6 Å². The summed E-state index contributed by atoms with van der Waals surface area (Å²) in [5, 5.41) is 19.1. The summed E-state index contributed by atoms with van der Waals surface area (Å²) >= 11 is 1.57. The first-order valence-corrected chi connectivity index (χ1v) is 6.04. The lowest BCUT2D eigenvalue weighted by molar-refractivity contribution is 0.178. The third-order valence-corrected chi connectivity index (χ3v) is 3.41. The Balaban J connectivity index is 1.78. The van der Waals surface area contributed by atoms with E-state index in [1.807, 2.05) is 35.3 Å². The van der Waals surface area contributed by atoms with Gasteiger partial charge < -0.3 is 10.4 Å². The molecule has 0 aliphatic heterocycles. The van der Waals surface area contributed by atoms with E-state index >= 15 is 0 Å². The molecule has 0 amide bonds. The third kappa shape index (κ3) is 2.69. The second-order valence-corrected chi connectivity index (χ2v) is 4.59. The molecule has 0 bridgehead atoms. The van der Waals surface area contributed by atoms with E-state index in [0.717, 1.165) is 17.1 Å². The normalized spacial score (nSPS) is 12.9. The van der Waals surface area contributed by atoms with Crippen LogP contribution in [0.4, 0.5) is 0 Å². The first-order valence-electron chi connectivity index (χ1n) is 5.16. The van der Waals surface area contributed by atoms with Crippen molar-refractivity contribution >= 4 is 11.3 Å². The fourth-order valence-corrected chi connectivity index (χ4v) is 2.20. The van der Waals surface area contributed by atoms with E-state index in [1.54, 1.807) is 17.5 Å². The first kappa shape index (κ1) is 11.3. The molecule has 16 heavy (non-hydrogen) atoms. The molecular weight excluding hydrogens is 222 g/mol. The summed E-state index contributed by atoms with van der Waals surface area (Å²) in [5.41, 5.74) is 1.11. The summed E-state index contributed by atoms with van der Waals surface area (Å²) in [4.78, 5) is 0.998. The molecule has 0 saturated carbocycles. The third-order valence-electron chi connectivity index (χ3n) is 2.44. The van der Waals surface area contributed by atoms with Crippen molar-refractivity contribution in [1.29, 1.82) is 0 Å². The molecular formula is C11H15N3OS. The van der Waals surface area contributed by atoms with Gasteiger partial charge in [-0.2, -0.15) is 5.10 Å². The minimum Gasteiger partial charge on any atom is -0.386 e. The molecule has 0 fully saturated rings. The van der Waals surface area contributed by atoms with Crippen molar-refractivity contribution in [3.05, 3.63) is 40.3 Å². The van der Waals surface area contributed by atoms with Crippen LogP contribution in [0.1, 0.15) is 16.7 Å². The number of hydrogen-bond donors (Lipinski definition) is 2. The Morgan fingerprint density at radius 2 is 2.44 bits per heavy atom. The van der Waals surface area contributed by atoms with E-state index in [4.69, 9.17) is 0 Å². The average molecular weight is 237 g/mol. The maximum absolute atomic E-state index is 9.83. The van der Waals surface area contributed by atoms with Crippen molar-refractivity contribution < 1.29 is 5.11 Å². The number of rotatable bonds is 5. The van der Waals surface area contributed by atoms with Crippen LogP contribution in [0.3, 0.4) is 0 Å². The molecule has 2 heterocycles. The zero-order chi connectivity index (χ0) is 11.4. The lowest BCUT2D eigenvalue weighted by atomic mass is 10.3. The summed E-state index contributed by atoms with van der Waals surface area (Å²) in [5.74, 6) is 0. The van der Waals surface area contributed by atoms with Crippen LogP contribution in [0, 0.1) is 0 Å². The van der Waals surface area contributed by atoms with Crippen LogP contribution in [-0.4, -0.2) is 21.4 Å². The molecule has 0 spiro atoms. The van der Waals surface area contributed by atoms with Gasteiger partial charge in [0.15, 0.2) is 0 Å². The molecule has 1 unspecified atom stereocenters. The van der Waals surface area contributed by atoms with Gasteiger partial charge in [0.2, 0.25) is 0 Å². The van der Waals surface area contributed by atoms with Crippen LogP contribution in [-0.2, 0) is 13.6 Å². The maximum atomic E-state index is 9.83. The van der Waals surface area contributed by atoms with Crippen LogP contribution in [0.25, 0.3) is 0 Å². The molecule has 2 N–H and O–H groups in total. The van der Waals surface area contributed by atoms with Gasteiger partial charge in [0, 0.05) is 31.2 Å². The number of nitrogens with one attached hydrogen (secondary N) is 1. The number of aromatic nitrogens is 2. The molecule has 86 valence electrons. The van der Waals surface area contributed by atoms with E-state index in [9.17, 15) is 5.11 Å². The molecule has 0 aliphatic rings. The van der Waals surface area contributed by atoms with Gasteiger partial charge in [-0.3, -0.25) is 4.68 Å². The SMILES string of the molecule is Cn1nccc1CNCC(O)c1cccs1. The van der Waals surface area contributed by atoms with E-state index in [1.165, 1.54) is 0 Å². The predicted octanol–water partition coefficient (Wildman–Crippen LogP) is 1.30. The first-order chi connectivity index (χ1) is 7.77. The number of aryl methyl sites for hydroxylation is 1. The summed E-state index contributed by atoms with van der Waals surface area (Å²) < 4.78 is 1.82. The Bertz CT molecular complexity index is 424. The average Bonchev–Trinajstić information content (AvgIpc) is 2.90. The van der Waals surface area contributed by atoms with Gasteiger partial charge >= 0.3 is 0 Å². The molecule has 4 nitrogen and oxygen atoms in total. The van der Waals surface area contributed by atoms with E-state index < -0.39 is 6.10 Å². The van der Waals surface area contributed by atoms with Crippen molar-refractivity contribution in [2.24, 2.45) is 7.05 Å². The summed E-state index contributed by atoms with van der Waals surface area (Å²) in [6.45, 7) is 1.28. The Morgan fingerprint density at radius 1 is 1.56 bits per heavy atom. The van der Waals surface area contributed by atoms with E-state index in [0.29, 0.717) is 6.54 Å². The van der Waals surface area contributed by atoms with Gasteiger partial charge in [-0.1, -0.05) is 6.07 Å². The molecule has 1 atom stereocenters. The molecule has 0 aromatic carbocycles. The minimum absolute atomic E-state index is 0.423. The highest BCUT2D eigenvalue weighted by atomic mass is 32.1. The Labute approximate surface area is 98.5 Å². The van der Waals surface area contributed by atoms with Gasteiger partial charge in [-0.25, -0.2) is 0 Å². The molecule has 2 aromatic heterocycles. The second-order valence-electron chi connectivity index (χ2n) is 3.61. The smallest absolute Gasteiger partial charge is 0.101 e. The van der Waals surface area contributed by atoms with Crippen molar-refractivity contribution in [3.63, 3.8) is 0 Å². The van der Waals surface area contributed by atoms with Crippen molar-refractivity contribution in [1.82, 2.24) is 15.1 Å². The summed E-state index contributed by atoms with van der Waals surface area (Å²) in [6, 6.07) is 5.86. The standard InChI is InChI=1S/C11H15N3OS/c1-14-9(4-5-13-14)7-12-8-10(15)11-3-2-6-16-11/h2-6,10,12,15H,7-8H2,1H3. The topological polar surface area (TPSA) is 50.1 Å². The number of aliphatic hydroxyl groups is 1. The number of hydrogen-bond acceptors (Lipinski definition) is 4. The van der Waals surface area contributed by atoms with Crippen molar-refractivity contribution in [2.75, 3.05) is 6.54 Å². The Kier molecular flexibility index (Phi) is 3.71. The van der Waals surface area contributed by atoms with Crippen molar-refractivity contribution in [3.8, 4) is 0 Å². The summed E-state index contributed by atoms with van der Waals surface area (Å²) in [7, 11) is 1.91. The zero-order valence-electron chi connectivity index (χ0n) is 9.13. The second kappa shape index (κ2) is 5.25. The Hall–Kier alpha value is -1.17. The maximum Gasteiger partial charge on any atom is 0.101 e. The molecule has 2 rings (SSSR count). The van der Waals surface area contributed by atoms with Gasteiger partial charge in [0.1, 0.15) is 6.10 Å². The van der Waals surface area contributed by atoms with Crippen LogP contribution >= 0.6 is 11.3 Å². The van der Waals surface area contributed by atoms with Gasteiger partial charge in [0.25, 0.3) is 0 Å². The summed E-state index contributed by atoms with van der Waals surface area (Å²) in [6.07, 6.45) is 1.35. The van der Waals surface area contributed by atoms with Crippen LogP contribution in [0.5, 0.6) is 0 Å². The highest BCUT2D eigenvalue weighted by molar-refractivity contribution is 7.10. The van der Waals surface area contributed by atoms with Crippen LogP contribution in [0.2, 0.25) is 0 Å². The van der Waals surface area contributed by atoms with Gasteiger partial charge in [-0.15, -0.1) is 11.3 Å². The molecule has 0 aliphatic carbocycles.